The van der Waals surface area contributed by atoms with Crippen molar-refractivity contribution in [1.82, 2.24) is 5.32 Å². The molecular formula is C18H29FN2. The minimum atomic E-state index is -0.101. The molecule has 1 aromatic rings. The molecule has 1 fully saturated rings. The fourth-order valence-electron chi connectivity index (χ4n) is 3.32. The first-order chi connectivity index (χ1) is 9.93. The van der Waals surface area contributed by atoms with Crippen molar-refractivity contribution in [3.05, 3.63) is 29.1 Å². The van der Waals surface area contributed by atoms with E-state index >= 15 is 0 Å². The summed E-state index contributed by atoms with van der Waals surface area (Å²) in [5.41, 5.74) is 3.03. The summed E-state index contributed by atoms with van der Waals surface area (Å²) < 4.78 is 14.1. The Morgan fingerprint density at radius 3 is 2.71 bits per heavy atom. The van der Waals surface area contributed by atoms with Crippen LogP contribution >= 0.6 is 0 Å². The van der Waals surface area contributed by atoms with Crippen molar-refractivity contribution in [1.29, 1.82) is 0 Å². The molecule has 0 amide bonds. The number of piperidine rings is 1. The lowest BCUT2D eigenvalue weighted by molar-refractivity contribution is 0.388. The van der Waals surface area contributed by atoms with Crippen LogP contribution in [0.3, 0.4) is 0 Å². The van der Waals surface area contributed by atoms with E-state index in [4.69, 9.17) is 0 Å². The highest BCUT2D eigenvalue weighted by Crippen LogP contribution is 2.34. The zero-order valence-corrected chi connectivity index (χ0v) is 14.0. The van der Waals surface area contributed by atoms with Crippen LogP contribution in [0, 0.1) is 18.7 Å². The maximum absolute atomic E-state index is 14.1. The van der Waals surface area contributed by atoms with Crippen molar-refractivity contribution in [2.45, 2.75) is 59.5 Å². The van der Waals surface area contributed by atoms with Gasteiger partial charge in [0.25, 0.3) is 0 Å². The summed E-state index contributed by atoms with van der Waals surface area (Å²) in [6.07, 6.45) is 2.50. The lowest BCUT2D eigenvalue weighted by atomic mass is 9.92. The van der Waals surface area contributed by atoms with Gasteiger partial charge >= 0.3 is 0 Å². The smallest absolute Gasteiger partial charge is 0.126 e. The Kier molecular flexibility index (Phi) is 5.26. The number of hydrogen-bond donors (Lipinski definition) is 1. The summed E-state index contributed by atoms with van der Waals surface area (Å²) in [4.78, 5) is 2.48. The van der Waals surface area contributed by atoms with Crippen molar-refractivity contribution in [2.75, 3.05) is 18.0 Å². The molecule has 1 aromatic carbocycles. The summed E-state index contributed by atoms with van der Waals surface area (Å²) in [6.45, 7) is 12.6. The number of nitrogens with zero attached hydrogens (tertiary/aromatic N) is 1. The van der Waals surface area contributed by atoms with E-state index in [2.05, 4.69) is 37.9 Å². The largest absolute Gasteiger partial charge is 0.368 e. The zero-order valence-electron chi connectivity index (χ0n) is 14.0. The number of hydrogen-bond acceptors (Lipinski definition) is 2. The molecule has 1 N–H and O–H groups in total. The van der Waals surface area contributed by atoms with Gasteiger partial charge in [-0.3, -0.25) is 0 Å². The van der Waals surface area contributed by atoms with Crippen LogP contribution in [0.2, 0.25) is 0 Å². The number of aryl methyl sites for hydroxylation is 1. The third-order valence-electron chi connectivity index (χ3n) is 4.71. The van der Waals surface area contributed by atoms with Gasteiger partial charge in [0, 0.05) is 24.3 Å². The lowest BCUT2D eigenvalue weighted by Crippen LogP contribution is -2.42. The van der Waals surface area contributed by atoms with Gasteiger partial charge in [0.1, 0.15) is 5.82 Å². The molecule has 0 spiro atoms. The molecule has 21 heavy (non-hydrogen) atoms. The fourth-order valence-corrected chi connectivity index (χ4v) is 3.32. The first-order valence-corrected chi connectivity index (χ1v) is 8.24. The highest BCUT2D eigenvalue weighted by molar-refractivity contribution is 5.58. The van der Waals surface area contributed by atoms with Gasteiger partial charge in [-0.05, 0) is 69.3 Å². The molecule has 1 aliphatic rings. The van der Waals surface area contributed by atoms with Gasteiger partial charge in [0.15, 0.2) is 0 Å². The predicted octanol–water partition coefficient (Wildman–Crippen LogP) is 4.43. The molecule has 0 saturated carbocycles. The van der Waals surface area contributed by atoms with Crippen molar-refractivity contribution in [3.8, 4) is 0 Å². The maximum atomic E-state index is 14.1. The van der Waals surface area contributed by atoms with E-state index in [1.807, 2.05) is 13.0 Å². The molecule has 1 heterocycles. The van der Waals surface area contributed by atoms with E-state index in [0.717, 1.165) is 24.2 Å². The molecule has 3 heteroatoms. The zero-order chi connectivity index (χ0) is 15.6. The van der Waals surface area contributed by atoms with Crippen molar-refractivity contribution >= 4 is 5.69 Å². The molecule has 0 aromatic heterocycles. The summed E-state index contributed by atoms with van der Waals surface area (Å²) in [5, 5.41) is 3.42. The second kappa shape index (κ2) is 6.78. The van der Waals surface area contributed by atoms with Gasteiger partial charge in [-0.2, -0.15) is 0 Å². The highest BCUT2D eigenvalue weighted by Gasteiger charge is 2.26. The molecule has 3 atom stereocenters. The average molecular weight is 292 g/mol. The van der Waals surface area contributed by atoms with Gasteiger partial charge in [0.2, 0.25) is 0 Å². The van der Waals surface area contributed by atoms with Crippen LogP contribution in [-0.4, -0.2) is 19.1 Å². The average Bonchev–Trinajstić information content (AvgIpc) is 2.44. The minimum Gasteiger partial charge on any atom is -0.368 e. The van der Waals surface area contributed by atoms with E-state index in [1.54, 1.807) is 6.07 Å². The summed E-state index contributed by atoms with van der Waals surface area (Å²) >= 11 is 0. The third kappa shape index (κ3) is 3.57. The number of nitrogens with one attached hydrogen (secondary N) is 1. The molecule has 2 nitrogen and oxygen atoms in total. The second-order valence-electron chi connectivity index (χ2n) is 6.62. The van der Waals surface area contributed by atoms with Crippen LogP contribution in [0.15, 0.2) is 12.1 Å². The van der Waals surface area contributed by atoms with Crippen molar-refractivity contribution in [2.24, 2.45) is 5.92 Å². The van der Waals surface area contributed by atoms with Gasteiger partial charge in [-0.1, -0.05) is 13.8 Å². The predicted molar refractivity (Wildman–Crippen MR) is 88.4 cm³/mol. The van der Waals surface area contributed by atoms with Gasteiger partial charge < -0.3 is 10.2 Å². The number of anilines is 1. The molecule has 1 aliphatic heterocycles. The van der Waals surface area contributed by atoms with E-state index in [-0.39, 0.29) is 11.9 Å². The van der Waals surface area contributed by atoms with E-state index in [1.165, 1.54) is 18.5 Å². The van der Waals surface area contributed by atoms with Crippen molar-refractivity contribution in [3.63, 3.8) is 0 Å². The van der Waals surface area contributed by atoms with E-state index in [9.17, 15) is 4.39 Å². The Bertz CT molecular complexity index is 486. The van der Waals surface area contributed by atoms with Crippen LogP contribution in [-0.2, 0) is 0 Å². The molecular weight excluding hydrogens is 263 g/mol. The molecule has 2 rings (SSSR count). The van der Waals surface area contributed by atoms with Crippen LogP contribution in [0.4, 0.5) is 10.1 Å². The van der Waals surface area contributed by atoms with Crippen molar-refractivity contribution < 1.29 is 4.39 Å². The minimum absolute atomic E-state index is 0.101. The van der Waals surface area contributed by atoms with Gasteiger partial charge in [-0.25, -0.2) is 4.39 Å². The number of benzene rings is 1. The maximum Gasteiger partial charge on any atom is 0.126 e. The fraction of sp³-hybridized carbons (Fsp3) is 0.667. The normalized spacial score (nSPS) is 24.2. The highest BCUT2D eigenvalue weighted by atomic mass is 19.1. The van der Waals surface area contributed by atoms with Crippen LogP contribution in [0.1, 0.15) is 57.7 Å². The Morgan fingerprint density at radius 2 is 2.05 bits per heavy atom. The Labute approximate surface area is 128 Å². The lowest BCUT2D eigenvalue weighted by Gasteiger charge is -2.40. The quantitative estimate of drug-likeness (QED) is 0.883. The van der Waals surface area contributed by atoms with Gasteiger partial charge in [0.05, 0.1) is 0 Å². The molecule has 0 aliphatic carbocycles. The Balaban J connectivity index is 2.42. The van der Waals surface area contributed by atoms with Crippen LogP contribution in [0.5, 0.6) is 0 Å². The monoisotopic (exact) mass is 292 g/mol. The number of rotatable bonds is 4. The summed E-state index contributed by atoms with van der Waals surface area (Å²) in [5.74, 6) is 0.602. The second-order valence-corrected chi connectivity index (χ2v) is 6.62. The molecule has 0 radical (unpaired) electrons. The van der Waals surface area contributed by atoms with Gasteiger partial charge in [-0.15, -0.1) is 0 Å². The van der Waals surface area contributed by atoms with Crippen LogP contribution in [0.25, 0.3) is 0 Å². The standard InChI is InChI=1S/C18H29FN2/c1-6-20-15(5)16-10-17(19)13(3)9-18(16)21-11-12(2)7-8-14(21)4/h9-10,12,14-15,20H,6-8,11H2,1-5H3. The summed E-state index contributed by atoms with van der Waals surface area (Å²) in [6, 6.07) is 4.46. The molecule has 1 saturated heterocycles. The molecule has 118 valence electrons. The van der Waals surface area contributed by atoms with Crippen LogP contribution < -0.4 is 10.2 Å². The Hall–Kier alpha value is -1.09. The third-order valence-corrected chi connectivity index (χ3v) is 4.71. The first-order valence-electron chi connectivity index (χ1n) is 8.24. The summed E-state index contributed by atoms with van der Waals surface area (Å²) in [7, 11) is 0. The van der Waals surface area contributed by atoms with E-state index < -0.39 is 0 Å². The SMILES string of the molecule is CCNC(C)c1cc(F)c(C)cc1N1CC(C)CCC1C. The molecule has 3 unspecified atom stereocenters. The Morgan fingerprint density at radius 1 is 1.33 bits per heavy atom. The first kappa shape index (κ1) is 16.3. The van der Waals surface area contributed by atoms with E-state index in [0.29, 0.717) is 12.0 Å². The molecule has 0 bridgehead atoms. The number of halogens is 1. The topological polar surface area (TPSA) is 15.3 Å².